The Balaban J connectivity index is 2.80. The number of alkyl halides is 3. The Labute approximate surface area is 114 Å². The van der Waals surface area contributed by atoms with Crippen LogP contribution in [0, 0.1) is 0 Å². The SMILES string of the molecule is CCOC(=O)C1CNCCN1S(=O)(=O)NCC(F)(F)F. The maximum atomic E-state index is 12.1. The molecule has 118 valence electrons. The van der Waals surface area contributed by atoms with E-state index in [1.807, 2.05) is 0 Å². The first-order chi connectivity index (χ1) is 9.17. The third-order valence-corrected chi connectivity index (χ3v) is 4.08. The van der Waals surface area contributed by atoms with Gasteiger partial charge in [0.25, 0.3) is 10.2 Å². The van der Waals surface area contributed by atoms with Crippen molar-refractivity contribution < 1.29 is 31.1 Å². The minimum atomic E-state index is -4.67. The standard InChI is InChI=1S/C9H16F3N3O4S/c1-2-19-8(16)7-5-13-3-4-15(7)20(17,18)14-6-9(10,11)12/h7,13-14H,2-6H2,1H3. The van der Waals surface area contributed by atoms with Crippen LogP contribution >= 0.6 is 0 Å². The van der Waals surface area contributed by atoms with Gasteiger partial charge in [0, 0.05) is 19.6 Å². The molecular weight excluding hydrogens is 303 g/mol. The lowest BCUT2D eigenvalue weighted by Crippen LogP contribution is -2.60. The zero-order valence-electron chi connectivity index (χ0n) is 10.7. The first kappa shape index (κ1) is 17.1. The van der Waals surface area contributed by atoms with Crippen molar-refractivity contribution in [3.8, 4) is 0 Å². The molecule has 0 bridgehead atoms. The van der Waals surface area contributed by atoms with Gasteiger partial charge in [-0.3, -0.25) is 4.79 Å². The van der Waals surface area contributed by atoms with Crippen LogP contribution in [0.2, 0.25) is 0 Å². The minimum absolute atomic E-state index is 0.00817. The summed E-state index contributed by atoms with van der Waals surface area (Å²) in [7, 11) is -4.41. The van der Waals surface area contributed by atoms with Crippen molar-refractivity contribution >= 4 is 16.2 Å². The van der Waals surface area contributed by atoms with E-state index in [1.54, 1.807) is 6.92 Å². The first-order valence-corrected chi connectivity index (χ1v) is 7.32. The van der Waals surface area contributed by atoms with E-state index in [4.69, 9.17) is 4.74 Å². The molecular formula is C9H16F3N3O4S. The fourth-order valence-corrected chi connectivity index (χ4v) is 3.01. The highest BCUT2D eigenvalue weighted by molar-refractivity contribution is 7.87. The molecule has 20 heavy (non-hydrogen) atoms. The molecule has 0 radical (unpaired) electrons. The van der Waals surface area contributed by atoms with Crippen LogP contribution in [-0.4, -0.2) is 63.7 Å². The molecule has 1 atom stereocenters. The Morgan fingerprint density at radius 3 is 2.70 bits per heavy atom. The quantitative estimate of drug-likeness (QED) is 0.649. The molecule has 0 aliphatic carbocycles. The van der Waals surface area contributed by atoms with Gasteiger partial charge in [0.2, 0.25) is 0 Å². The van der Waals surface area contributed by atoms with E-state index in [0.717, 1.165) is 0 Å². The molecule has 1 rings (SSSR count). The fraction of sp³-hybridized carbons (Fsp3) is 0.889. The highest BCUT2D eigenvalue weighted by atomic mass is 32.2. The smallest absolute Gasteiger partial charge is 0.402 e. The number of piperazine rings is 1. The van der Waals surface area contributed by atoms with Crippen molar-refractivity contribution in [1.29, 1.82) is 0 Å². The normalized spacial score (nSPS) is 21.7. The Bertz CT molecular complexity index is 440. The van der Waals surface area contributed by atoms with E-state index in [1.165, 1.54) is 4.72 Å². The average molecular weight is 319 g/mol. The van der Waals surface area contributed by atoms with Gasteiger partial charge in [-0.1, -0.05) is 0 Å². The number of carbonyl (C=O) groups is 1. The highest BCUT2D eigenvalue weighted by Crippen LogP contribution is 2.15. The summed E-state index contributed by atoms with van der Waals surface area (Å²) in [6, 6.07) is -1.17. The lowest BCUT2D eigenvalue weighted by atomic mass is 10.2. The number of hydrogen-bond donors (Lipinski definition) is 2. The lowest BCUT2D eigenvalue weighted by molar-refractivity contribution is -0.148. The van der Waals surface area contributed by atoms with Crippen LogP contribution in [0.5, 0.6) is 0 Å². The molecule has 0 aromatic carbocycles. The van der Waals surface area contributed by atoms with Gasteiger partial charge in [-0.05, 0) is 6.92 Å². The van der Waals surface area contributed by atoms with Gasteiger partial charge in [0.1, 0.15) is 12.6 Å². The molecule has 0 saturated carbocycles. The maximum Gasteiger partial charge on any atom is 0.402 e. The highest BCUT2D eigenvalue weighted by Gasteiger charge is 2.39. The van der Waals surface area contributed by atoms with Crippen molar-refractivity contribution in [2.75, 3.05) is 32.8 Å². The summed E-state index contributed by atoms with van der Waals surface area (Å²) >= 11 is 0. The first-order valence-electron chi connectivity index (χ1n) is 5.88. The van der Waals surface area contributed by atoms with Gasteiger partial charge in [0.05, 0.1) is 6.61 Å². The molecule has 0 amide bonds. The second kappa shape index (κ2) is 6.70. The minimum Gasteiger partial charge on any atom is -0.465 e. The van der Waals surface area contributed by atoms with Crippen LogP contribution in [0.4, 0.5) is 13.2 Å². The molecule has 1 aliphatic heterocycles. The summed E-state index contributed by atoms with van der Waals surface area (Å²) in [4.78, 5) is 11.6. The number of rotatable bonds is 5. The zero-order chi connectivity index (χ0) is 15.4. The summed E-state index contributed by atoms with van der Waals surface area (Å²) in [6.45, 7) is 0.0359. The molecule has 2 N–H and O–H groups in total. The summed E-state index contributed by atoms with van der Waals surface area (Å²) in [5, 5.41) is 2.79. The predicted octanol–water partition coefficient (Wildman–Crippen LogP) is -0.780. The Hall–Kier alpha value is -0.910. The number of carbonyl (C=O) groups excluding carboxylic acids is 1. The third-order valence-electron chi connectivity index (χ3n) is 2.52. The van der Waals surface area contributed by atoms with Gasteiger partial charge < -0.3 is 10.1 Å². The third kappa shape index (κ3) is 4.89. The number of nitrogens with zero attached hydrogens (tertiary/aromatic N) is 1. The van der Waals surface area contributed by atoms with Gasteiger partial charge >= 0.3 is 12.1 Å². The van der Waals surface area contributed by atoms with E-state index in [-0.39, 0.29) is 26.2 Å². The van der Waals surface area contributed by atoms with Crippen molar-refractivity contribution in [3.05, 3.63) is 0 Å². The predicted molar refractivity (Wildman–Crippen MR) is 63.0 cm³/mol. The van der Waals surface area contributed by atoms with Crippen molar-refractivity contribution in [3.63, 3.8) is 0 Å². The van der Waals surface area contributed by atoms with E-state index in [0.29, 0.717) is 4.31 Å². The number of ether oxygens (including phenoxy) is 1. The van der Waals surface area contributed by atoms with E-state index < -0.39 is 34.9 Å². The van der Waals surface area contributed by atoms with Gasteiger partial charge in [-0.25, -0.2) is 0 Å². The Kier molecular flexibility index (Phi) is 5.74. The average Bonchev–Trinajstić information content (AvgIpc) is 2.36. The summed E-state index contributed by atoms with van der Waals surface area (Å²) in [5.41, 5.74) is 0. The van der Waals surface area contributed by atoms with Gasteiger partial charge in [0.15, 0.2) is 0 Å². The van der Waals surface area contributed by atoms with Crippen molar-refractivity contribution in [1.82, 2.24) is 14.3 Å². The van der Waals surface area contributed by atoms with Crippen LogP contribution in [0.15, 0.2) is 0 Å². The molecule has 0 spiro atoms. The number of esters is 1. The molecule has 1 fully saturated rings. The van der Waals surface area contributed by atoms with E-state index in [2.05, 4.69) is 5.32 Å². The van der Waals surface area contributed by atoms with Crippen LogP contribution in [0.1, 0.15) is 6.92 Å². The van der Waals surface area contributed by atoms with E-state index >= 15 is 0 Å². The number of halogens is 3. The molecule has 1 aliphatic rings. The number of nitrogens with one attached hydrogen (secondary N) is 2. The van der Waals surface area contributed by atoms with Gasteiger partial charge in [-0.15, -0.1) is 0 Å². The molecule has 1 saturated heterocycles. The molecule has 1 unspecified atom stereocenters. The molecule has 0 aromatic rings. The molecule has 11 heteroatoms. The Morgan fingerprint density at radius 2 is 2.15 bits per heavy atom. The number of hydrogen-bond acceptors (Lipinski definition) is 5. The molecule has 1 heterocycles. The van der Waals surface area contributed by atoms with Gasteiger partial charge in [-0.2, -0.15) is 30.6 Å². The Morgan fingerprint density at radius 1 is 1.50 bits per heavy atom. The summed E-state index contributed by atoms with van der Waals surface area (Å²) < 4.78 is 66.7. The largest absolute Gasteiger partial charge is 0.465 e. The van der Waals surface area contributed by atoms with Crippen LogP contribution in [-0.2, 0) is 19.7 Å². The fourth-order valence-electron chi connectivity index (χ4n) is 1.67. The monoisotopic (exact) mass is 319 g/mol. The van der Waals surface area contributed by atoms with Crippen LogP contribution in [0.25, 0.3) is 0 Å². The second-order valence-corrected chi connectivity index (χ2v) is 5.73. The summed E-state index contributed by atoms with van der Waals surface area (Å²) in [5.74, 6) is -0.794. The zero-order valence-corrected chi connectivity index (χ0v) is 11.6. The summed E-state index contributed by atoms with van der Waals surface area (Å²) in [6.07, 6.45) is -4.67. The van der Waals surface area contributed by atoms with Crippen LogP contribution in [0.3, 0.4) is 0 Å². The topological polar surface area (TPSA) is 87.7 Å². The van der Waals surface area contributed by atoms with Crippen molar-refractivity contribution in [2.24, 2.45) is 0 Å². The maximum absolute atomic E-state index is 12.1. The lowest BCUT2D eigenvalue weighted by Gasteiger charge is -2.33. The molecule has 0 aromatic heterocycles. The van der Waals surface area contributed by atoms with Crippen molar-refractivity contribution in [2.45, 2.75) is 19.1 Å². The molecule has 7 nitrogen and oxygen atoms in total. The van der Waals surface area contributed by atoms with Crippen LogP contribution < -0.4 is 10.0 Å². The second-order valence-electron chi connectivity index (χ2n) is 4.02. The van der Waals surface area contributed by atoms with E-state index in [9.17, 15) is 26.4 Å².